The van der Waals surface area contributed by atoms with E-state index in [-0.39, 0.29) is 5.75 Å². The molecular formula is C9H16ClO2S. The van der Waals surface area contributed by atoms with Crippen LogP contribution in [0.15, 0.2) is 0 Å². The molecule has 0 N–H and O–H groups in total. The van der Waals surface area contributed by atoms with Crippen molar-refractivity contribution in [3.8, 4) is 0 Å². The molecule has 1 fully saturated rings. The lowest BCUT2D eigenvalue weighted by Gasteiger charge is -2.26. The van der Waals surface area contributed by atoms with Crippen LogP contribution in [0.2, 0.25) is 0 Å². The monoisotopic (exact) mass is 223 g/mol. The minimum absolute atomic E-state index is 0.0883. The van der Waals surface area contributed by atoms with Crippen molar-refractivity contribution in [1.29, 1.82) is 0 Å². The molecule has 4 heteroatoms. The van der Waals surface area contributed by atoms with E-state index in [0.29, 0.717) is 0 Å². The van der Waals surface area contributed by atoms with Gasteiger partial charge in [0.1, 0.15) is 0 Å². The standard InChI is InChI=1S/C9H16ClO2S/c1-2-8-3-5-9(6-4-8)7-13(10,11)12/h8H,2-7H2,1H3. The topological polar surface area (TPSA) is 34.1 Å². The van der Waals surface area contributed by atoms with Crippen molar-refractivity contribution >= 4 is 19.7 Å². The second kappa shape index (κ2) is 4.65. The fraction of sp³-hybridized carbons (Fsp3) is 0.889. The number of rotatable bonds is 3. The quantitative estimate of drug-likeness (QED) is 0.690. The van der Waals surface area contributed by atoms with Crippen LogP contribution in [0.1, 0.15) is 39.0 Å². The number of hydrogen-bond acceptors (Lipinski definition) is 2. The highest BCUT2D eigenvalue weighted by molar-refractivity contribution is 8.13. The first-order valence-electron chi connectivity index (χ1n) is 4.77. The molecule has 13 heavy (non-hydrogen) atoms. The highest BCUT2D eigenvalue weighted by atomic mass is 35.7. The molecule has 77 valence electrons. The highest BCUT2D eigenvalue weighted by Gasteiger charge is 2.23. The molecule has 0 heterocycles. The molecule has 0 aromatic rings. The minimum Gasteiger partial charge on any atom is -0.212 e. The van der Waals surface area contributed by atoms with Gasteiger partial charge in [0, 0.05) is 10.7 Å². The van der Waals surface area contributed by atoms with Crippen molar-refractivity contribution in [2.24, 2.45) is 5.92 Å². The smallest absolute Gasteiger partial charge is 0.212 e. The summed E-state index contributed by atoms with van der Waals surface area (Å²) in [5.41, 5.74) is 0. The third kappa shape index (κ3) is 4.32. The van der Waals surface area contributed by atoms with E-state index in [2.05, 4.69) is 6.92 Å². The maximum Gasteiger partial charge on any atom is 0.233 e. The molecule has 2 nitrogen and oxygen atoms in total. The van der Waals surface area contributed by atoms with E-state index in [4.69, 9.17) is 10.7 Å². The minimum atomic E-state index is -3.31. The van der Waals surface area contributed by atoms with Gasteiger partial charge < -0.3 is 0 Å². The van der Waals surface area contributed by atoms with E-state index >= 15 is 0 Å². The van der Waals surface area contributed by atoms with Crippen molar-refractivity contribution in [1.82, 2.24) is 0 Å². The van der Waals surface area contributed by atoms with Gasteiger partial charge in [-0.1, -0.05) is 13.3 Å². The molecular weight excluding hydrogens is 208 g/mol. The van der Waals surface area contributed by atoms with Gasteiger partial charge >= 0.3 is 0 Å². The molecule has 0 spiro atoms. The van der Waals surface area contributed by atoms with Gasteiger partial charge in [0.2, 0.25) is 9.05 Å². The van der Waals surface area contributed by atoms with Crippen LogP contribution in [0, 0.1) is 11.8 Å². The molecule has 1 saturated carbocycles. The second-order valence-electron chi connectivity index (χ2n) is 3.78. The molecule has 1 aliphatic rings. The Hall–Kier alpha value is 0.240. The Morgan fingerprint density at radius 3 is 2.31 bits per heavy atom. The fourth-order valence-electron chi connectivity index (χ4n) is 1.88. The van der Waals surface area contributed by atoms with E-state index in [1.807, 2.05) is 0 Å². The summed E-state index contributed by atoms with van der Waals surface area (Å²) in [5.74, 6) is 1.99. The van der Waals surface area contributed by atoms with Crippen LogP contribution in [0.3, 0.4) is 0 Å². The molecule has 0 saturated heterocycles. The largest absolute Gasteiger partial charge is 0.233 e. The van der Waals surface area contributed by atoms with Gasteiger partial charge in [-0.3, -0.25) is 0 Å². The lowest BCUT2D eigenvalue weighted by molar-refractivity contribution is 0.370. The molecule has 1 aliphatic carbocycles. The summed E-state index contributed by atoms with van der Waals surface area (Å²) in [6.07, 6.45) is 5.38. The van der Waals surface area contributed by atoms with Crippen LogP contribution in [0.25, 0.3) is 0 Å². The molecule has 0 aromatic heterocycles. The van der Waals surface area contributed by atoms with Gasteiger partial charge in [-0.2, -0.15) is 0 Å². The zero-order valence-corrected chi connectivity index (χ0v) is 9.50. The summed E-state index contributed by atoms with van der Waals surface area (Å²) in [5, 5.41) is 0. The third-order valence-corrected chi connectivity index (χ3v) is 3.85. The summed E-state index contributed by atoms with van der Waals surface area (Å²) in [4.78, 5) is 0. The molecule has 1 rings (SSSR count). The average molecular weight is 224 g/mol. The maximum absolute atomic E-state index is 10.8. The van der Waals surface area contributed by atoms with Crippen LogP contribution in [0.4, 0.5) is 0 Å². The van der Waals surface area contributed by atoms with E-state index in [1.54, 1.807) is 0 Å². The van der Waals surface area contributed by atoms with Gasteiger partial charge in [-0.05, 0) is 37.5 Å². The Bertz CT molecular complexity index is 240. The van der Waals surface area contributed by atoms with Crippen molar-refractivity contribution < 1.29 is 8.42 Å². The Morgan fingerprint density at radius 2 is 1.92 bits per heavy atom. The van der Waals surface area contributed by atoms with Gasteiger partial charge in [0.05, 0.1) is 5.75 Å². The Morgan fingerprint density at radius 1 is 1.38 bits per heavy atom. The summed E-state index contributed by atoms with van der Waals surface area (Å²) in [6, 6.07) is 0. The zero-order valence-electron chi connectivity index (χ0n) is 7.92. The highest BCUT2D eigenvalue weighted by Crippen LogP contribution is 2.33. The molecule has 0 atom stereocenters. The third-order valence-electron chi connectivity index (χ3n) is 2.77. The van der Waals surface area contributed by atoms with Crippen LogP contribution in [-0.2, 0) is 9.05 Å². The molecule has 0 unspecified atom stereocenters. The summed E-state index contributed by atoms with van der Waals surface area (Å²) >= 11 is 0. The molecule has 0 amide bonds. The van der Waals surface area contributed by atoms with E-state index < -0.39 is 9.05 Å². The van der Waals surface area contributed by atoms with Gasteiger partial charge in [-0.25, -0.2) is 8.42 Å². The lowest BCUT2D eigenvalue weighted by atomic mass is 9.82. The van der Waals surface area contributed by atoms with E-state index in [1.165, 1.54) is 6.42 Å². The van der Waals surface area contributed by atoms with Crippen molar-refractivity contribution in [2.75, 3.05) is 5.75 Å². The Balaban J connectivity index is 2.33. The van der Waals surface area contributed by atoms with Gasteiger partial charge in [0.25, 0.3) is 0 Å². The summed E-state index contributed by atoms with van der Waals surface area (Å²) in [6.45, 7) is 2.19. The maximum atomic E-state index is 10.8. The van der Waals surface area contributed by atoms with Crippen LogP contribution in [-0.4, -0.2) is 14.2 Å². The molecule has 0 aromatic carbocycles. The predicted molar refractivity (Wildman–Crippen MR) is 55.1 cm³/mol. The Kier molecular flexibility index (Phi) is 4.05. The van der Waals surface area contributed by atoms with Crippen LogP contribution in [0.5, 0.6) is 0 Å². The second-order valence-corrected chi connectivity index (χ2v) is 6.56. The number of hydrogen-bond donors (Lipinski definition) is 0. The van der Waals surface area contributed by atoms with Crippen molar-refractivity contribution in [3.63, 3.8) is 0 Å². The predicted octanol–water partition coefficient (Wildman–Crippen LogP) is 2.73. The van der Waals surface area contributed by atoms with Crippen LogP contribution < -0.4 is 0 Å². The van der Waals surface area contributed by atoms with Crippen LogP contribution >= 0.6 is 10.7 Å². The van der Waals surface area contributed by atoms with E-state index in [0.717, 1.165) is 37.5 Å². The molecule has 0 bridgehead atoms. The fourth-order valence-corrected chi connectivity index (χ4v) is 3.12. The Labute approximate surface area is 85.1 Å². The average Bonchev–Trinajstić information content (AvgIpc) is 2.03. The summed E-state index contributed by atoms with van der Waals surface area (Å²) in [7, 11) is 1.88. The molecule has 1 radical (unpaired) electrons. The molecule has 0 aliphatic heterocycles. The summed E-state index contributed by atoms with van der Waals surface area (Å²) < 4.78 is 21.6. The van der Waals surface area contributed by atoms with Gasteiger partial charge in [0.15, 0.2) is 0 Å². The van der Waals surface area contributed by atoms with Crippen molar-refractivity contribution in [3.05, 3.63) is 5.92 Å². The lowest BCUT2D eigenvalue weighted by Crippen LogP contribution is -2.17. The normalized spacial score (nSPS) is 22.0. The SMILES string of the molecule is CCC1CC[C](CS(=O)(=O)Cl)CC1. The van der Waals surface area contributed by atoms with Gasteiger partial charge in [-0.15, -0.1) is 0 Å². The first kappa shape index (κ1) is 11.3. The van der Waals surface area contributed by atoms with Crippen molar-refractivity contribution in [2.45, 2.75) is 39.0 Å². The number of halogens is 1. The first-order chi connectivity index (χ1) is 6.01. The van der Waals surface area contributed by atoms with E-state index in [9.17, 15) is 8.42 Å². The first-order valence-corrected chi connectivity index (χ1v) is 7.25. The zero-order chi connectivity index (χ0) is 9.90.